The minimum atomic E-state index is -0.102. The second kappa shape index (κ2) is 4.27. The van der Waals surface area contributed by atoms with Crippen molar-refractivity contribution >= 4 is 17.4 Å². The van der Waals surface area contributed by atoms with Crippen LogP contribution in [0.15, 0.2) is 24.0 Å². The zero-order valence-electron chi connectivity index (χ0n) is 8.63. The quantitative estimate of drug-likeness (QED) is 0.441. The molecule has 0 aromatic heterocycles. The van der Waals surface area contributed by atoms with Crippen molar-refractivity contribution in [3.63, 3.8) is 0 Å². The van der Waals surface area contributed by atoms with E-state index >= 15 is 0 Å². The van der Waals surface area contributed by atoms with Gasteiger partial charge in [0.2, 0.25) is 0 Å². The molecule has 1 unspecified atom stereocenters. The molecule has 1 heterocycles. The van der Waals surface area contributed by atoms with E-state index in [4.69, 9.17) is 11.6 Å². The van der Waals surface area contributed by atoms with Gasteiger partial charge in [-0.25, -0.2) is 0 Å². The van der Waals surface area contributed by atoms with Gasteiger partial charge in [0.15, 0.2) is 5.78 Å². The van der Waals surface area contributed by atoms with Crippen LogP contribution in [-0.2, 0) is 4.79 Å². The van der Waals surface area contributed by atoms with Gasteiger partial charge >= 0.3 is 0 Å². The number of Topliss-reactive ketones (excluding diaryl/α,β-unsaturated/α-hetero) is 1. The molecule has 4 heteroatoms. The number of nitrogens with one attached hydrogen (secondary N) is 1. The maximum absolute atomic E-state index is 11.8. The third kappa shape index (κ3) is 2.02. The molecule has 0 saturated carbocycles. The Labute approximate surface area is 94.8 Å². The number of hydrogen-bond acceptors (Lipinski definition) is 3. The Morgan fingerprint density at radius 2 is 2.40 bits per heavy atom. The third-order valence-corrected chi connectivity index (χ3v) is 3.00. The fourth-order valence-electron chi connectivity index (χ4n) is 2.18. The van der Waals surface area contributed by atoms with Gasteiger partial charge in [-0.2, -0.15) is 0 Å². The highest BCUT2D eigenvalue weighted by molar-refractivity contribution is 6.20. The van der Waals surface area contributed by atoms with Gasteiger partial charge in [-0.1, -0.05) is 17.7 Å². The molecule has 15 heavy (non-hydrogen) atoms. The second-order valence-corrected chi connectivity index (χ2v) is 4.44. The molecule has 1 aliphatic carbocycles. The first kappa shape index (κ1) is 10.6. The van der Waals surface area contributed by atoms with E-state index in [2.05, 4.69) is 11.9 Å². The molecular formula is C11H15ClN2O. The van der Waals surface area contributed by atoms with Crippen LogP contribution in [0, 0.1) is 0 Å². The Balaban J connectivity index is 2.30. The average Bonchev–Trinajstić information content (AvgIpc) is 2.17. The van der Waals surface area contributed by atoms with E-state index in [-0.39, 0.29) is 11.3 Å². The number of allylic oxidation sites excluding steroid dienone is 2. The molecular weight excluding hydrogens is 212 g/mol. The van der Waals surface area contributed by atoms with E-state index in [0.717, 1.165) is 24.2 Å². The predicted molar refractivity (Wildman–Crippen MR) is 60.4 cm³/mol. The first-order valence-electron chi connectivity index (χ1n) is 5.25. The standard InChI is InChI=1S/C11H15ClN2O/c1-2-6-14-7-10(12)13-8-4-3-5-9(15)11(8)14/h2,10,13H,1,3-7H2. The van der Waals surface area contributed by atoms with Crippen LogP contribution in [0.25, 0.3) is 0 Å². The minimum absolute atomic E-state index is 0.102. The monoisotopic (exact) mass is 226 g/mol. The molecule has 0 spiro atoms. The predicted octanol–water partition coefficient (Wildman–Crippen LogP) is 1.61. The average molecular weight is 227 g/mol. The lowest BCUT2D eigenvalue weighted by Crippen LogP contribution is -2.47. The van der Waals surface area contributed by atoms with Crippen molar-refractivity contribution < 1.29 is 4.79 Å². The Kier molecular flexibility index (Phi) is 3.00. The largest absolute Gasteiger partial charge is 0.369 e. The van der Waals surface area contributed by atoms with E-state index in [0.29, 0.717) is 19.5 Å². The number of carbonyl (C=O) groups is 1. The van der Waals surface area contributed by atoms with Gasteiger partial charge in [0, 0.05) is 18.7 Å². The molecule has 3 nitrogen and oxygen atoms in total. The molecule has 0 fully saturated rings. The molecule has 0 aromatic rings. The summed E-state index contributed by atoms with van der Waals surface area (Å²) in [4.78, 5) is 13.8. The molecule has 0 bridgehead atoms. The summed E-state index contributed by atoms with van der Waals surface area (Å²) < 4.78 is 0. The molecule has 1 atom stereocenters. The Hall–Kier alpha value is -0.960. The van der Waals surface area contributed by atoms with Crippen LogP contribution in [-0.4, -0.2) is 29.3 Å². The molecule has 1 aliphatic heterocycles. The van der Waals surface area contributed by atoms with Gasteiger partial charge in [0.1, 0.15) is 5.50 Å². The van der Waals surface area contributed by atoms with Gasteiger partial charge < -0.3 is 10.2 Å². The van der Waals surface area contributed by atoms with Crippen LogP contribution in [0.4, 0.5) is 0 Å². The van der Waals surface area contributed by atoms with E-state index < -0.39 is 0 Å². The molecule has 2 aliphatic rings. The molecule has 2 rings (SSSR count). The fourth-order valence-corrected chi connectivity index (χ4v) is 2.48. The van der Waals surface area contributed by atoms with E-state index in [1.165, 1.54) is 0 Å². The van der Waals surface area contributed by atoms with Crippen molar-refractivity contribution in [1.82, 2.24) is 10.2 Å². The summed E-state index contributed by atoms with van der Waals surface area (Å²) in [6.45, 7) is 5.06. The number of ketones is 1. The van der Waals surface area contributed by atoms with Crippen LogP contribution >= 0.6 is 11.6 Å². The zero-order chi connectivity index (χ0) is 10.8. The molecule has 0 aromatic carbocycles. The lowest BCUT2D eigenvalue weighted by atomic mass is 9.97. The molecule has 1 N–H and O–H groups in total. The second-order valence-electron chi connectivity index (χ2n) is 3.91. The first-order valence-corrected chi connectivity index (χ1v) is 5.69. The van der Waals surface area contributed by atoms with Crippen molar-refractivity contribution in [2.24, 2.45) is 0 Å². The molecule has 0 saturated heterocycles. The smallest absolute Gasteiger partial charge is 0.180 e. The number of halogens is 1. The number of rotatable bonds is 2. The summed E-state index contributed by atoms with van der Waals surface area (Å²) in [5.74, 6) is 0.231. The van der Waals surface area contributed by atoms with Crippen molar-refractivity contribution in [3.05, 3.63) is 24.0 Å². The van der Waals surface area contributed by atoms with Crippen LogP contribution in [0.1, 0.15) is 19.3 Å². The van der Waals surface area contributed by atoms with E-state index in [9.17, 15) is 4.79 Å². The summed E-state index contributed by atoms with van der Waals surface area (Å²) in [6.07, 6.45) is 4.32. The summed E-state index contributed by atoms with van der Waals surface area (Å²) in [6, 6.07) is 0. The molecule has 0 radical (unpaired) electrons. The van der Waals surface area contributed by atoms with Crippen LogP contribution in [0.5, 0.6) is 0 Å². The van der Waals surface area contributed by atoms with Crippen molar-refractivity contribution in [2.75, 3.05) is 13.1 Å². The summed E-state index contributed by atoms with van der Waals surface area (Å²) in [5.41, 5.74) is 1.74. The summed E-state index contributed by atoms with van der Waals surface area (Å²) in [7, 11) is 0. The first-order chi connectivity index (χ1) is 7.22. The number of nitrogens with zero attached hydrogens (tertiary/aromatic N) is 1. The Morgan fingerprint density at radius 3 is 3.13 bits per heavy atom. The SMILES string of the molecule is C=CCN1CC(Cl)NC2=C1C(=O)CCC2. The lowest BCUT2D eigenvalue weighted by molar-refractivity contribution is -0.117. The number of hydrogen-bond donors (Lipinski definition) is 1. The maximum atomic E-state index is 11.8. The van der Waals surface area contributed by atoms with Crippen LogP contribution < -0.4 is 5.32 Å². The molecule has 0 amide bonds. The Bertz CT molecular complexity index is 325. The third-order valence-electron chi connectivity index (χ3n) is 2.76. The van der Waals surface area contributed by atoms with Crippen molar-refractivity contribution in [2.45, 2.75) is 24.8 Å². The van der Waals surface area contributed by atoms with Gasteiger partial charge in [-0.3, -0.25) is 4.79 Å². The van der Waals surface area contributed by atoms with Crippen LogP contribution in [0.3, 0.4) is 0 Å². The van der Waals surface area contributed by atoms with Gasteiger partial charge in [0.05, 0.1) is 12.2 Å². The van der Waals surface area contributed by atoms with Gasteiger partial charge in [-0.05, 0) is 12.8 Å². The fraction of sp³-hybridized carbons (Fsp3) is 0.545. The topological polar surface area (TPSA) is 32.3 Å². The van der Waals surface area contributed by atoms with Crippen LogP contribution in [0.2, 0.25) is 0 Å². The number of carbonyl (C=O) groups excluding carboxylic acids is 1. The van der Waals surface area contributed by atoms with Crippen molar-refractivity contribution in [1.29, 1.82) is 0 Å². The van der Waals surface area contributed by atoms with Crippen molar-refractivity contribution in [3.8, 4) is 0 Å². The summed E-state index contributed by atoms with van der Waals surface area (Å²) >= 11 is 6.08. The van der Waals surface area contributed by atoms with Gasteiger partial charge in [0.25, 0.3) is 0 Å². The van der Waals surface area contributed by atoms with E-state index in [1.54, 1.807) is 6.08 Å². The molecule has 82 valence electrons. The highest BCUT2D eigenvalue weighted by Crippen LogP contribution is 2.27. The van der Waals surface area contributed by atoms with E-state index in [1.807, 2.05) is 4.90 Å². The maximum Gasteiger partial charge on any atom is 0.180 e. The lowest BCUT2D eigenvalue weighted by Gasteiger charge is -2.37. The minimum Gasteiger partial charge on any atom is -0.369 e. The highest BCUT2D eigenvalue weighted by atomic mass is 35.5. The van der Waals surface area contributed by atoms with Gasteiger partial charge in [-0.15, -0.1) is 6.58 Å². The highest BCUT2D eigenvalue weighted by Gasteiger charge is 2.30. The summed E-state index contributed by atoms with van der Waals surface area (Å²) in [5, 5.41) is 3.19. The normalized spacial score (nSPS) is 26.1. The number of alkyl halides is 1. The Morgan fingerprint density at radius 1 is 1.60 bits per heavy atom. The zero-order valence-corrected chi connectivity index (χ0v) is 9.39.